The second-order valence-electron chi connectivity index (χ2n) is 7.97. The molecule has 0 saturated carbocycles. The number of aromatic nitrogens is 2. The fourth-order valence-corrected chi connectivity index (χ4v) is 5.28. The van der Waals surface area contributed by atoms with Gasteiger partial charge in [-0.3, -0.25) is 4.79 Å². The SMILES string of the molecule is CCOCCOc1c(N2CCN([S+]([O-])Cc3ccccc3)CC2)cnn(-c2cccc(Cl)c2)c1=O. The van der Waals surface area contributed by atoms with Crippen molar-refractivity contribution in [2.45, 2.75) is 12.7 Å². The molecule has 0 bridgehead atoms. The van der Waals surface area contributed by atoms with E-state index in [1.807, 2.05) is 41.6 Å². The Balaban J connectivity index is 1.51. The maximum absolute atomic E-state index is 13.4. The van der Waals surface area contributed by atoms with Crippen molar-refractivity contribution < 1.29 is 14.0 Å². The highest BCUT2D eigenvalue weighted by Gasteiger charge is 2.28. The van der Waals surface area contributed by atoms with Crippen molar-refractivity contribution in [3.8, 4) is 11.4 Å². The summed E-state index contributed by atoms with van der Waals surface area (Å²) in [7, 11) is 0. The van der Waals surface area contributed by atoms with Gasteiger partial charge in [0.05, 0.1) is 31.6 Å². The van der Waals surface area contributed by atoms with Gasteiger partial charge < -0.3 is 18.9 Å². The van der Waals surface area contributed by atoms with Gasteiger partial charge >= 0.3 is 5.56 Å². The van der Waals surface area contributed by atoms with Gasteiger partial charge in [-0.05, 0) is 25.1 Å². The Morgan fingerprint density at radius 1 is 1.06 bits per heavy atom. The molecule has 1 atom stereocenters. The first-order valence-electron chi connectivity index (χ1n) is 11.6. The molecule has 1 aliphatic rings. The number of rotatable bonds is 10. The average molecular weight is 517 g/mol. The van der Waals surface area contributed by atoms with E-state index >= 15 is 0 Å². The maximum Gasteiger partial charge on any atom is 0.316 e. The smallest absolute Gasteiger partial charge is 0.316 e. The number of halogens is 1. The standard InChI is InChI=1S/C25H29ClN4O4S/c1-2-33-15-16-34-24-23(18-27-30(25(24)31)22-10-6-9-21(26)17-22)28-11-13-29(14-12-28)35(32)19-20-7-4-3-5-8-20/h3-10,17-18H,2,11-16,19H2,1H3. The topological polar surface area (TPSA) is 82.9 Å². The molecule has 1 saturated heterocycles. The molecule has 0 aliphatic carbocycles. The lowest BCUT2D eigenvalue weighted by molar-refractivity contribution is 0.109. The largest absolute Gasteiger partial charge is 0.598 e. The minimum Gasteiger partial charge on any atom is -0.598 e. The van der Waals surface area contributed by atoms with E-state index in [0.29, 0.717) is 61.5 Å². The van der Waals surface area contributed by atoms with Crippen LogP contribution >= 0.6 is 11.6 Å². The van der Waals surface area contributed by atoms with Crippen LogP contribution in [-0.2, 0) is 21.9 Å². The first-order valence-corrected chi connectivity index (χ1v) is 13.2. The zero-order valence-electron chi connectivity index (χ0n) is 19.6. The fraction of sp³-hybridized carbons (Fsp3) is 0.360. The average Bonchev–Trinajstić information content (AvgIpc) is 2.88. The molecular formula is C25H29ClN4O4S. The molecule has 35 heavy (non-hydrogen) atoms. The van der Waals surface area contributed by atoms with Crippen LogP contribution in [0.5, 0.6) is 5.75 Å². The van der Waals surface area contributed by atoms with E-state index in [4.69, 9.17) is 21.1 Å². The molecule has 4 rings (SSSR count). The number of benzene rings is 2. The normalized spacial score (nSPS) is 15.2. The summed E-state index contributed by atoms with van der Waals surface area (Å²) in [5, 5.41) is 4.91. The van der Waals surface area contributed by atoms with Crippen molar-refractivity contribution in [2.24, 2.45) is 0 Å². The summed E-state index contributed by atoms with van der Waals surface area (Å²) in [6.45, 7) is 5.52. The summed E-state index contributed by atoms with van der Waals surface area (Å²) < 4.78 is 27.4. The van der Waals surface area contributed by atoms with Crippen LogP contribution in [0.1, 0.15) is 12.5 Å². The Labute approximate surface area is 213 Å². The summed E-state index contributed by atoms with van der Waals surface area (Å²) >= 11 is 5.01. The molecule has 2 heterocycles. The monoisotopic (exact) mass is 516 g/mol. The zero-order chi connectivity index (χ0) is 24.6. The first-order chi connectivity index (χ1) is 17.1. The fourth-order valence-electron chi connectivity index (χ4n) is 3.87. The molecule has 10 heteroatoms. The minimum atomic E-state index is -1.11. The van der Waals surface area contributed by atoms with Crippen LogP contribution in [0, 0.1) is 0 Å². The third kappa shape index (κ3) is 6.56. The van der Waals surface area contributed by atoms with Crippen molar-refractivity contribution in [3.63, 3.8) is 0 Å². The molecule has 1 unspecified atom stereocenters. The van der Waals surface area contributed by atoms with Gasteiger partial charge in [-0.1, -0.05) is 48.0 Å². The molecule has 0 spiro atoms. The van der Waals surface area contributed by atoms with Gasteiger partial charge in [0.15, 0.2) is 5.75 Å². The van der Waals surface area contributed by atoms with Crippen LogP contribution in [0.4, 0.5) is 5.69 Å². The molecular weight excluding hydrogens is 488 g/mol. The van der Waals surface area contributed by atoms with Crippen molar-refractivity contribution >= 4 is 28.7 Å². The van der Waals surface area contributed by atoms with Gasteiger partial charge in [0.2, 0.25) is 5.75 Å². The molecule has 0 radical (unpaired) electrons. The van der Waals surface area contributed by atoms with Crippen molar-refractivity contribution in [1.29, 1.82) is 0 Å². The second-order valence-corrected chi connectivity index (χ2v) is 9.85. The summed E-state index contributed by atoms with van der Waals surface area (Å²) in [6, 6.07) is 16.8. The Kier molecular flexibility index (Phi) is 9.06. The lowest BCUT2D eigenvalue weighted by Gasteiger charge is -2.36. The van der Waals surface area contributed by atoms with Gasteiger partial charge in [-0.25, -0.2) is 0 Å². The zero-order valence-corrected chi connectivity index (χ0v) is 21.2. The molecule has 0 N–H and O–H groups in total. The number of piperazine rings is 1. The van der Waals surface area contributed by atoms with E-state index in [1.165, 1.54) is 4.68 Å². The number of nitrogens with zero attached hydrogens (tertiary/aromatic N) is 4. The molecule has 186 valence electrons. The predicted octanol–water partition coefficient (Wildman–Crippen LogP) is 3.29. The third-order valence-electron chi connectivity index (χ3n) is 5.65. The highest BCUT2D eigenvalue weighted by atomic mass is 35.5. The van der Waals surface area contributed by atoms with E-state index in [-0.39, 0.29) is 17.9 Å². The van der Waals surface area contributed by atoms with E-state index in [9.17, 15) is 9.35 Å². The van der Waals surface area contributed by atoms with Crippen molar-refractivity contribution in [1.82, 2.24) is 14.1 Å². The number of hydrogen-bond donors (Lipinski definition) is 0. The molecule has 3 aromatic rings. The van der Waals surface area contributed by atoms with Gasteiger partial charge in [0.1, 0.15) is 12.3 Å². The summed E-state index contributed by atoms with van der Waals surface area (Å²) in [6.07, 6.45) is 1.65. The maximum atomic E-state index is 13.4. The summed E-state index contributed by atoms with van der Waals surface area (Å²) in [5.41, 5.74) is 1.87. The molecule has 1 fully saturated rings. The number of anilines is 1. The highest BCUT2D eigenvalue weighted by Crippen LogP contribution is 2.26. The van der Waals surface area contributed by atoms with Gasteiger partial charge in [-0.2, -0.15) is 9.78 Å². The van der Waals surface area contributed by atoms with Crippen molar-refractivity contribution in [2.75, 3.05) is 50.9 Å². The van der Waals surface area contributed by atoms with E-state index in [0.717, 1.165) is 5.56 Å². The lowest BCUT2D eigenvalue weighted by Crippen LogP contribution is -2.49. The van der Waals surface area contributed by atoms with Crippen LogP contribution in [0.3, 0.4) is 0 Å². The number of ether oxygens (including phenoxy) is 2. The van der Waals surface area contributed by atoms with Crippen molar-refractivity contribution in [3.05, 3.63) is 81.7 Å². The predicted molar refractivity (Wildman–Crippen MR) is 139 cm³/mol. The van der Waals surface area contributed by atoms with Crippen LogP contribution in [0.25, 0.3) is 5.69 Å². The van der Waals surface area contributed by atoms with Gasteiger partial charge in [-0.15, -0.1) is 4.31 Å². The molecule has 8 nitrogen and oxygen atoms in total. The Morgan fingerprint density at radius 3 is 2.54 bits per heavy atom. The summed E-state index contributed by atoms with van der Waals surface area (Å²) in [5.74, 6) is 0.711. The highest BCUT2D eigenvalue weighted by molar-refractivity contribution is 7.88. The molecule has 1 aromatic heterocycles. The minimum absolute atomic E-state index is 0.221. The molecule has 2 aromatic carbocycles. The Hall–Kier alpha value is -2.56. The van der Waals surface area contributed by atoms with E-state index < -0.39 is 11.4 Å². The van der Waals surface area contributed by atoms with Gasteiger partial charge in [0, 0.05) is 41.6 Å². The lowest BCUT2D eigenvalue weighted by atomic mass is 10.2. The Bertz CT molecular complexity index is 1160. The van der Waals surface area contributed by atoms with Crippen LogP contribution in [0.15, 0.2) is 65.6 Å². The Morgan fingerprint density at radius 2 is 1.83 bits per heavy atom. The quantitative estimate of drug-likeness (QED) is 0.302. The number of hydrogen-bond acceptors (Lipinski definition) is 7. The van der Waals surface area contributed by atoms with Crippen LogP contribution < -0.4 is 15.2 Å². The third-order valence-corrected chi connectivity index (χ3v) is 7.40. The van der Waals surface area contributed by atoms with Crippen LogP contribution in [-0.4, -0.2) is 64.6 Å². The van der Waals surface area contributed by atoms with Crippen LogP contribution in [0.2, 0.25) is 5.02 Å². The second kappa shape index (κ2) is 12.4. The van der Waals surface area contributed by atoms with E-state index in [1.54, 1.807) is 30.5 Å². The first kappa shape index (κ1) is 25.5. The molecule has 0 amide bonds. The van der Waals surface area contributed by atoms with E-state index in [2.05, 4.69) is 10.00 Å². The van der Waals surface area contributed by atoms with Gasteiger partial charge in [0.25, 0.3) is 0 Å². The summed E-state index contributed by atoms with van der Waals surface area (Å²) in [4.78, 5) is 15.4. The molecule has 1 aliphatic heterocycles.